The molecule has 0 aliphatic heterocycles. The highest BCUT2D eigenvalue weighted by Crippen LogP contribution is 2.22. The average molecular weight is 529 g/mol. The van der Waals surface area contributed by atoms with E-state index in [9.17, 15) is 10.2 Å². The van der Waals surface area contributed by atoms with Crippen LogP contribution in [-0.2, 0) is 6.42 Å². The first-order valence-corrected chi connectivity index (χ1v) is 14.5. The van der Waals surface area contributed by atoms with Crippen molar-refractivity contribution in [2.24, 2.45) is 10.2 Å². The number of hydrogen-bond acceptors (Lipinski definition) is 6. The lowest BCUT2D eigenvalue weighted by Gasteiger charge is -2.33. The zero-order valence-corrected chi connectivity index (χ0v) is 23.4. The van der Waals surface area contributed by atoms with E-state index in [2.05, 4.69) is 17.3 Å². The number of benzene rings is 2. The highest BCUT2D eigenvalue weighted by molar-refractivity contribution is 5.43. The zero-order valence-electron chi connectivity index (χ0n) is 23.4. The first kappa shape index (κ1) is 31.9. The number of rotatable bonds is 22. The zero-order chi connectivity index (χ0) is 27.3. The molecule has 7 heteroatoms. The highest BCUT2D eigenvalue weighted by atomic mass is 16.5. The summed E-state index contributed by atoms with van der Waals surface area (Å²) in [5, 5.41) is 36.0. The van der Waals surface area contributed by atoms with Crippen molar-refractivity contribution in [3.05, 3.63) is 54.1 Å². The van der Waals surface area contributed by atoms with Crippen LogP contribution in [0.4, 0.5) is 11.4 Å². The number of quaternary nitrogens is 1. The molecule has 0 aromatic heterocycles. The fourth-order valence-electron chi connectivity index (χ4n) is 4.60. The molecule has 7 nitrogen and oxygen atoms in total. The van der Waals surface area contributed by atoms with Crippen molar-refractivity contribution in [1.82, 2.24) is 0 Å². The molecule has 0 aliphatic carbocycles. The van der Waals surface area contributed by atoms with Gasteiger partial charge in [-0.3, -0.25) is 0 Å². The average Bonchev–Trinajstić information content (AvgIpc) is 2.92. The summed E-state index contributed by atoms with van der Waals surface area (Å²) in [6.45, 7) is 3.77. The van der Waals surface area contributed by atoms with E-state index < -0.39 is 0 Å². The molecule has 0 atom stereocenters. The molecule has 0 spiro atoms. The van der Waals surface area contributed by atoms with Crippen LogP contribution in [0.15, 0.2) is 58.8 Å². The Bertz CT molecular complexity index is 866. The van der Waals surface area contributed by atoms with Gasteiger partial charge in [-0.1, -0.05) is 57.1 Å². The van der Waals surface area contributed by atoms with E-state index in [4.69, 9.17) is 9.84 Å². The summed E-state index contributed by atoms with van der Waals surface area (Å²) in [7, 11) is 2.13. The number of hydrogen-bond donors (Lipinski definition) is 3. The maximum Gasteiger partial charge on any atom is 0.119 e. The third-order valence-corrected chi connectivity index (χ3v) is 7.10. The molecule has 0 amide bonds. The Labute approximate surface area is 229 Å². The van der Waals surface area contributed by atoms with Crippen LogP contribution in [0.3, 0.4) is 0 Å². The third-order valence-electron chi connectivity index (χ3n) is 7.10. The monoisotopic (exact) mass is 528 g/mol. The van der Waals surface area contributed by atoms with Gasteiger partial charge in [0.2, 0.25) is 0 Å². The van der Waals surface area contributed by atoms with Gasteiger partial charge >= 0.3 is 0 Å². The van der Waals surface area contributed by atoms with Gasteiger partial charge in [-0.2, -0.15) is 10.2 Å². The van der Waals surface area contributed by atoms with E-state index in [1.54, 1.807) is 0 Å². The summed E-state index contributed by atoms with van der Waals surface area (Å²) >= 11 is 0. The topological polar surface area (TPSA) is 94.6 Å². The quantitative estimate of drug-likeness (QED) is 0.0943. The lowest BCUT2D eigenvalue weighted by atomic mass is 10.1. The summed E-state index contributed by atoms with van der Waals surface area (Å²) in [5.41, 5.74) is 2.67. The second-order valence-electron chi connectivity index (χ2n) is 10.5. The lowest BCUT2D eigenvalue weighted by molar-refractivity contribution is -0.910. The molecule has 2 rings (SSSR count). The van der Waals surface area contributed by atoms with E-state index in [0.717, 1.165) is 59.8 Å². The van der Waals surface area contributed by atoms with Gasteiger partial charge in [-0.15, -0.1) is 0 Å². The molecule has 0 aliphatic rings. The lowest BCUT2D eigenvalue weighted by Crippen LogP contribution is -2.48. The van der Waals surface area contributed by atoms with E-state index in [0.29, 0.717) is 6.42 Å². The smallest absolute Gasteiger partial charge is 0.119 e. The van der Waals surface area contributed by atoms with Crippen molar-refractivity contribution >= 4 is 11.4 Å². The van der Waals surface area contributed by atoms with Crippen LogP contribution in [0, 0.1) is 0 Å². The van der Waals surface area contributed by atoms with Crippen LogP contribution in [0.1, 0.15) is 69.8 Å². The second-order valence-corrected chi connectivity index (χ2v) is 10.5. The molecule has 0 radical (unpaired) electrons. The van der Waals surface area contributed by atoms with Crippen LogP contribution in [-0.4, -0.2) is 72.9 Å². The van der Waals surface area contributed by atoms with Gasteiger partial charge in [-0.25, -0.2) is 0 Å². The van der Waals surface area contributed by atoms with Crippen molar-refractivity contribution in [3.8, 4) is 5.75 Å². The Morgan fingerprint density at radius 3 is 1.55 bits per heavy atom. The molecule has 0 saturated heterocycles. The predicted molar refractivity (Wildman–Crippen MR) is 154 cm³/mol. The van der Waals surface area contributed by atoms with Gasteiger partial charge in [0, 0.05) is 6.61 Å². The van der Waals surface area contributed by atoms with Crippen molar-refractivity contribution in [1.29, 1.82) is 0 Å². The minimum atomic E-state index is 0.151. The maximum atomic E-state index is 9.23. The minimum Gasteiger partial charge on any atom is -0.494 e. The molecule has 3 N–H and O–H groups in total. The van der Waals surface area contributed by atoms with E-state index in [-0.39, 0.29) is 19.8 Å². The summed E-state index contributed by atoms with van der Waals surface area (Å²) in [6, 6.07) is 15.5. The minimum absolute atomic E-state index is 0.151. The summed E-state index contributed by atoms with van der Waals surface area (Å²) in [5.74, 6) is 0.865. The van der Waals surface area contributed by atoms with Gasteiger partial charge in [0.05, 0.1) is 44.8 Å². The highest BCUT2D eigenvalue weighted by Gasteiger charge is 2.19. The van der Waals surface area contributed by atoms with Gasteiger partial charge in [-0.05, 0) is 67.6 Å². The largest absolute Gasteiger partial charge is 0.494 e. The number of azo groups is 1. The summed E-state index contributed by atoms with van der Waals surface area (Å²) in [4.78, 5) is 0. The molecule has 0 heterocycles. The number of ether oxygens (including phenoxy) is 1. The molecule has 0 unspecified atom stereocenters. The molecule has 2 aromatic rings. The van der Waals surface area contributed by atoms with Crippen LogP contribution in [0.5, 0.6) is 5.75 Å². The Kier molecular flexibility index (Phi) is 16.5. The van der Waals surface area contributed by atoms with Gasteiger partial charge in [0.15, 0.2) is 0 Å². The molecule has 0 bridgehead atoms. The van der Waals surface area contributed by atoms with Gasteiger partial charge < -0.3 is 24.5 Å². The fraction of sp³-hybridized carbons (Fsp3) is 0.613. The van der Waals surface area contributed by atoms with Gasteiger partial charge in [0.25, 0.3) is 0 Å². The Balaban J connectivity index is 1.46. The number of aliphatic hydroxyl groups excluding tert-OH is 3. The molecule has 212 valence electrons. The first-order valence-electron chi connectivity index (χ1n) is 14.5. The summed E-state index contributed by atoms with van der Waals surface area (Å²) < 4.78 is 6.65. The molecule has 38 heavy (non-hydrogen) atoms. The van der Waals surface area contributed by atoms with Crippen LogP contribution in [0.25, 0.3) is 0 Å². The fourth-order valence-corrected chi connectivity index (χ4v) is 4.60. The Morgan fingerprint density at radius 1 is 0.579 bits per heavy atom. The van der Waals surface area contributed by atoms with E-state index >= 15 is 0 Å². The van der Waals surface area contributed by atoms with Crippen molar-refractivity contribution in [3.63, 3.8) is 0 Å². The molecular weight excluding hydrogens is 478 g/mol. The molecule has 0 fully saturated rings. The van der Waals surface area contributed by atoms with Crippen molar-refractivity contribution in [2.75, 3.05) is 53.1 Å². The van der Waals surface area contributed by atoms with Crippen LogP contribution in [0.2, 0.25) is 0 Å². The van der Waals surface area contributed by atoms with E-state index in [1.807, 2.05) is 48.5 Å². The van der Waals surface area contributed by atoms with Crippen LogP contribution >= 0.6 is 0 Å². The molecule has 2 aromatic carbocycles. The van der Waals surface area contributed by atoms with Crippen molar-refractivity contribution < 1.29 is 24.5 Å². The third kappa shape index (κ3) is 14.0. The number of nitrogens with zero attached hydrogens (tertiary/aromatic N) is 3. The Morgan fingerprint density at radius 2 is 1.05 bits per heavy atom. The second kappa shape index (κ2) is 19.7. The Hall–Kier alpha value is -2.32. The normalized spacial score (nSPS) is 11.9. The number of unbranched alkanes of at least 4 members (excludes halogenated alkanes) is 9. The number of likely N-dealkylation sites (N-methyl/N-ethyl adjacent to an activating group) is 1. The number of aliphatic hydroxyl groups is 3. The van der Waals surface area contributed by atoms with Gasteiger partial charge in [0.1, 0.15) is 18.8 Å². The summed E-state index contributed by atoms with van der Waals surface area (Å²) in [6.07, 6.45) is 13.1. The predicted octanol–water partition coefficient (Wildman–Crippen LogP) is 6.35. The standard InChI is InChI=1S/C31H50N3O4/c1-34(22-25-36,23-26-37)21-10-8-6-4-2-3-5-7-9-11-27-38-31-18-16-30(17-19-31)33-32-29-14-12-28(13-15-29)20-24-35/h12-19,35-37H,2-11,20-27H2,1H3/q+1. The molecular formula is C31H50N3O4+. The van der Waals surface area contributed by atoms with E-state index in [1.165, 1.54) is 57.8 Å². The molecule has 0 saturated carbocycles. The maximum absolute atomic E-state index is 9.23. The van der Waals surface area contributed by atoms with Crippen LogP contribution < -0.4 is 4.74 Å². The first-order chi connectivity index (χ1) is 18.6. The SMILES string of the molecule is C[N+](CCO)(CCO)CCCCCCCCCCCCOc1ccc(N=Nc2ccc(CCO)cc2)cc1. The van der Waals surface area contributed by atoms with Crippen molar-refractivity contribution in [2.45, 2.75) is 70.6 Å².